The normalized spacial score (nSPS) is 24.2. The first-order valence-electron chi connectivity index (χ1n) is 7.05. The summed E-state index contributed by atoms with van der Waals surface area (Å²) in [7, 11) is 1.41. The lowest BCUT2D eigenvalue weighted by atomic mass is 9.93. The first kappa shape index (κ1) is 16.0. The summed E-state index contributed by atoms with van der Waals surface area (Å²) in [5.41, 5.74) is 0.396. The largest absolute Gasteiger partial charge is 0.494 e. The number of benzene rings is 1. The Balaban J connectivity index is 0.00000161. The number of methoxy groups -OCH3 is 1. The van der Waals surface area contributed by atoms with E-state index in [0.717, 1.165) is 32.5 Å². The van der Waals surface area contributed by atoms with E-state index in [1.54, 1.807) is 6.07 Å². The summed E-state index contributed by atoms with van der Waals surface area (Å²) < 4.78 is 18.6. The van der Waals surface area contributed by atoms with Gasteiger partial charge in [-0.3, -0.25) is 4.79 Å². The van der Waals surface area contributed by atoms with Gasteiger partial charge in [0, 0.05) is 24.7 Å². The molecule has 1 N–H and O–H groups in total. The molecule has 2 saturated heterocycles. The van der Waals surface area contributed by atoms with Crippen molar-refractivity contribution in [3.63, 3.8) is 0 Å². The Bertz CT molecular complexity index is 526. The van der Waals surface area contributed by atoms with Gasteiger partial charge < -0.3 is 15.0 Å². The molecular weight excluding hydrogens is 295 g/mol. The monoisotopic (exact) mass is 314 g/mol. The third-order valence-electron chi connectivity index (χ3n) is 4.34. The quantitative estimate of drug-likeness (QED) is 0.909. The van der Waals surface area contributed by atoms with Crippen LogP contribution in [0.25, 0.3) is 0 Å². The molecular formula is C15H20ClFN2O2. The van der Waals surface area contributed by atoms with Crippen molar-refractivity contribution in [3.8, 4) is 5.75 Å². The molecule has 2 aliphatic heterocycles. The molecule has 0 bridgehead atoms. The van der Waals surface area contributed by atoms with Crippen LogP contribution >= 0.6 is 12.4 Å². The molecule has 1 aromatic carbocycles. The lowest BCUT2D eigenvalue weighted by Gasteiger charge is -2.35. The van der Waals surface area contributed by atoms with Gasteiger partial charge in [-0.2, -0.15) is 0 Å². The van der Waals surface area contributed by atoms with Gasteiger partial charge in [-0.1, -0.05) is 0 Å². The molecule has 2 heterocycles. The number of ether oxygens (including phenoxy) is 1. The number of rotatable bonds is 2. The molecule has 6 heteroatoms. The SMILES string of the molecule is COc1ccc(C(=O)N2CCC3NCCC3C2)cc1F.Cl. The van der Waals surface area contributed by atoms with Gasteiger partial charge in [0.2, 0.25) is 0 Å². The molecule has 2 fully saturated rings. The highest BCUT2D eigenvalue weighted by molar-refractivity contribution is 5.94. The lowest BCUT2D eigenvalue weighted by molar-refractivity contribution is 0.0661. The molecule has 2 unspecified atom stereocenters. The van der Waals surface area contributed by atoms with Crippen LogP contribution in [0, 0.1) is 11.7 Å². The van der Waals surface area contributed by atoms with Crippen molar-refractivity contribution in [3.05, 3.63) is 29.6 Å². The van der Waals surface area contributed by atoms with E-state index in [9.17, 15) is 9.18 Å². The highest BCUT2D eigenvalue weighted by Gasteiger charge is 2.34. The van der Waals surface area contributed by atoms with Gasteiger partial charge in [-0.05, 0) is 43.5 Å². The van der Waals surface area contributed by atoms with E-state index < -0.39 is 5.82 Å². The minimum Gasteiger partial charge on any atom is -0.494 e. The second-order valence-corrected chi connectivity index (χ2v) is 5.50. The number of hydrogen-bond acceptors (Lipinski definition) is 3. The van der Waals surface area contributed by atoms with Crippen LogP contribution in [-0.4, -0.2) is 43.6 Å². The maximum Gasteiger partial charge on any atom is 0.253 e. The number of piperidine rings is 1. The van der Waals surface area contributed by atoms with Crippen molar-refractivity contribution in [2.75, 3.05) is 26.7 Å². The van der Waals surface area contributed by atoms with Crippen molar-refractivity contribution in [1.29, 1.82) is 0 Å². The third kappa shape index (κ3) is 3.14. The zero-order chi connectivity index (χ0) is 14.1. The second-order valence-electron chi connectivity index (χ2n) is 5.50. The van der Waals surface area contributed by atoms with Crippen molar-refractivity contribution in [2.24, 2.45) is 5.92 Å². The van der Waals surface area contributed by atoms with Crippen LogP contribution in [0.1, 0.15) is 23.2 Å². The Morgan fingerprint density at radius 3 is 2.95 bits per heavy atom. The van der Waals surface area contributed by atoms with Crippen molar-refractivity contribution in [2.45, 2.75) is 18.9 Å². The number of carbonyl (C=O) groups excluding carboxylic acids is 1. The summed E-state index contributed by atoms with van der Waals surface area (Å²) in [6.07, 6.45) is 2.10. The topological polar surface area (TPSA) is 41.6 Å². The number of nitrogens with one attached hydrogen (secondary N) is 1. The van der Waals surface area contributed by atoms with Gasteiger partial charge >= 0.3 is 0 Å². The fourth-order valence-corrected chi connectivity index (χ4v) is 3.21. The molecule has 0 radical (unpaired) electrons. The number of nitrogens with zero attached hydrogens (tertiary/aromatic N) is 1. The van der Waals surface area contributed by atoms with Crippen molar-refractivity contribution >= 4 is 18.3 Å². The van der Waals surface area contributed by atoms with Gasteiger partial charge in [0.25, 0.3) is 5.91 Å². The highest BCUT2D eigenvalue weighted by Crippen LogP contribution is 2.26. The van der Waals surface area contributed by atoms with Crippen LogP contribution < -0.4 is 10.1 Å². The van der Waals surface area contributed by atoms with Gasteiger partial charge in [0.05, 0.1) is 7.11 Å². The predicted octanol–water partition coefficient (Wildman–Crippen LogP) is 2.08. The Hall–Kier alpha value is -1.33. The molecule has 1 amide bonds. The van der Waals surface area contributed by atoms with Gasteiger partial charge in [-0.25, -0.2) is 4.39 Å². The van der Waals surface area contributed by atoms with E-state index >= 15 is 0 Å². The number of halogens is 2. The summed E-state index contributed by atoms with van der Waals surface area (Å²) in [4.78, 5) is 14.3. The summed E-state index contributed by atoms with van der Waals surface area (Å²) in [6.45, 7) is 2.54. The molecule has 1 aromatic rings. The molecule has 0 spiro atoms. The minimum absolute atomic E-state index is 0. The third-order valence-corrected chi connectivity index (χ3v) is 4.34. The standard InChI is InChI=1S/C15H19FN2O2.ClH/c1-20-14-3-2-10(8-12(14)16)15(19)18-7-5-13-11(9-18)4-6-17-13;/h2-3,8,11,13,17H,4-7,9H2,1H3;1H. The summed E-state index contributed by atoms with van der Waals surface area (Å²) >= 11 is 0. The van der Waals surface area contributed by atoms with Crippen molar-refractivity contribution < 1.29 is 13.9 Å². The minimum atomic E-state index is -0.490. The molecule has 2 atom stereocenters. The van der Waals surface area contributed by atoms with Gasteiger partial charge in [0.15, 0.2) is 11.6 Å². The smallest absolute Gasteiger partial charge is 0.253 e. The molecule has 21 heavy (non-hydrogen) atoms. The molecule has 4 nitrogen and oxygen atoms in total. The van der Waals surface area contributed by atoms with Crippen LogP contribution in [-0.2, 0) is 0 Å². The van der Waals surface area contributed by atoms with E-state index in [1.807, 2.05) is 4.90 Å². The van der Waals surface area contributed by atoms with E-state index in [1.165, 1.54) is 19.2 Å². The van der Waals surface area contributed by atoms with Crippen molar-refractivity contribution in [1.82, 2.24) is 10.2 Å². The maximum absolute atomic E-state index is 13.7. The fraction of sp³-hybridized carbons (Fsp3) is 0.533. The Kier molecular flexibility index (Phi) is 5.06. The first-order chi connectivity index (χ1) is 9.69. The molecule has 2 aliphatic rings. The number of amides is 1. The molecule has 116 valence electrons. The average Bonchev–Trinajstić information content (AvgIpc) is 2.93. The lowest BCUT2D eigenvalue weighted by Crippen LogP contribution is -2.46. The highest BCUT2D eigenvalue weighted by atomic mass is 35.5. The zero-order valence-corrected chi connectivity index (χ0v) is 12.8. The Morgan fingerprint density at radius 1 is 1.43 bits per heavy atom. The van der Waals surface area contributed by atoms with E-state index in [4.69, 9.17) is 4.74 Å². The van der Waals surface area contributed by atoms with Gasteiger partial charge in [0.1, 0.15) is 0 Å². The molecule has 0 saturated carbocycles. The molecule has 3 rings (SSSR count). The van der Waals surface area contributed by atoms with E-state index in [0.29, 0.717) is 17.5 Å². The fourth-order valence-electron chi connectivity index (χ4n) is 3.21. The number of fused-ring (bicyclic) bond motifs is 1. The van der Waals surface area contributed by atoms with Crippen LogP contribution in [0.15, 0.2) is 18.2 Å². The zero-order valence-electron chi connectivity index (χ0n) is 12.0. The van der Waals surface area contributed by atoms with Crippen LogP contribution in [0.3, 0.4) is 0 Å². The van der Waals surface area contributed by atoms with Crippen LogP contribution in [0.2, 0.25) is 0 Å². The van der Waals surface area contributed by atoms with Crippen LogP contribution in [0.5, 0.6) is 5.75 Å². The number of likely N-dealkylation sites (tertiary alicyclic amines) is 1. The van der Waals surface area contributed by atoms with Crippen LogP contribution in [0.4, 0.5) is 4.39 Å². The summed E-state index contributed by atoms with van der Waals surface area (Å²) in [5, 5.41) is 3.47. The summed E-state index contributed by atoms with van der Waals surface area (Å²) in [6, 6.07) is 4.95. The van der Waals surface area contributed by atoms with E-state index in [2.05, 4.69) is 5.32 Å². The van der Waals surface area contributed by atoms with Gasteiger partial charge in [-0.15, -0.1) is 12.4 Å². The average molecular weight is 315 g/mol. The number of hydrogen-bond donors (Lipinski definition) is 1. The Morgan fingerprint density at radius 2 is 2.24 bits per heavy atom. The maximum atomic E-state index is 13.7. The van der Waals surface area contributed by atoms with E-state index in [-0.39, 0.29) is 24.1 Å². The summed E-state index contributed by atoms with van der Waals surface area (Å²) in [5.74, 6) is 0.128. The molecule has 0 aromatic heterocycles. The predicted molar refractivity (Wildman–Crippen MR) is 80.6 cm³/mol. The first-order valence-corrected chi connectivity index (χ1v) is 7.05. The molecule has 0 aliphatic carbocycles. The second kappa shape index (κ2) is 6.62. The Labute approximate surface area is 130 Å². The number of carbonyl (C=O) groups is 1.